The third-order valence-electron chi connectivity index (χ3n) is 14.0. The fourth-order valence-electron chi connectivity index (χ4n) is 11.9. The SMILES string of the molecule is C=C(C)[C@@H]1CC[C@]2(CC)CC[C@]3(C)[C@H](CC[C@@H]4[C@@]5(C)CC/C(=N/O)C(C)(CO)[C@@H]5CC[C@]43C)[C@@H]12. The van der Waals surface area contributed by atoms with E-state index in [1.165, 1.54) is 56.9 Å². The molecule has 1 unspecified atom stereocenters. The predicted molar refractivity (Wildman–Crippen MR) is 140 cm³/mol. The summed E-state index contributed by atoms with van der Waals surface area (Å²) < 4.78 is 0. The first-order chi connectivity index (χ1) is 16.0. The van der Waals surface area contributed by atoms with E-state index < -0.39 is 0 Å². The third-order valence-corrected chi connectivity index (χ3v) is 14.0. The lowest BCUT2D eigenvalue weighted by Crippen LogP contribution is -2.66. The van der Waals surface area contributed by atoms with Crippen LogP contribution in [0, 0.1) is 56.7 Å². The Morgan fingerprint density at radius 3 is 2.29 bits per heavy atom. The zero-order valence-corrected chi connectivity index (χ0v) is 22.9. The number of hydrogen-bond acceptors (Lipinski definition) is 3. The van der Waals surface area contributed by atoms with E-state index in [1.807, 2.05) is 0 Å². The minimum atomic E-state index is -0.388. The van der Waals surface area contributed by atoms with Crippen LogP contribution < -0.4 is 0 Å². The van der Waals surface area contributed by atoms with Gasteiger partial charge in [-0.1, -0.05) is 58.3 Å². The first-order valence-electron chi connectivity index (χ1n) is 14.4. The van der Waals surface area contributed by atoms with Crippen LogP contribution in [0.5, 0.6) is 0 Å². The van der Waals surface area contributed by atoms with Gasteiger partial charge >= 0.3 is 0 Å². The summed E-state index contributed by atoms with van der Waals surface area (Å²) in [6.07, 6.45) is 13.9. The molecule has 0 aliphatic heterocycles. The molecule has 34 heavy (non-hydrogen) atoms. The van der Waals surface area contributed by atoms with Gasteiger partial charge in [0, 0.05) is 5.41 Å². The Morgan fingerprint density at radius 2 is 1.68 bits per heavy atom. The third kappa shape index (κ3) is 2.83. The van der Waals surface area contributed by atoms with Gasteiger partial charge in [0.25, 0.3) is 0 Å². The molecule has 5 aliphatic carbocycles. The Hall–Kier alpha value is -0.830. The van der Waals surface area contributed by atoms with Gasteiger partial charge in [0.15, 0.2) is 0 Å². The molecule has 0 aromatic rings. The molecule has 0 saturated heterocycles. The van der Waals surface area contributed by atoms with Crippen molar-refractivity contribution >= 4 is 5.71 Å². The van der Waals surface area contributed by atoms with Crippen molar-refractivity contribution in [2.24, 2.45) is 61.8 Å². The van der Waals surface area contributed by atoms with Crippen molar-refractivity contribution in [1.82, 2.24) is 0 Å². The number of nitrogens with zero attached hydrogens (tertiary/aromatic N) is 1. The lowest BCUT2D eigenvalue weighted by Gasteiger charge is -2.72. The van der Waals surface area contributed by atoms with Crippen molar-refractivity contribution in [2.75, 3.05) is 6.61 Å². The van der Waals surface area contributed by atoms with Gasteiger partial charge < -0.3 is 10.3 Å². The molecule has 2 N–H and O–H groups in total. The number of hydrogen-bond donors (Lipinski definition) is 2. The monoisotopic (exact) mass is 469 g/mol. The molecule has 5 aliphatic rings. The van der Waals surface area contributed by atoms with E-state index in [4.69, 9.17) is 0 Å². The molecule has 5 rings (SSSR count). The molecule has 0 bridgehead atoms. The van der Waals surface area contributed by atoms with Crippen molar-refractivity contribution in [2.45, 2.75) is 112 Å². The largest absolute Gasteiger partial charge is 0.411 e. The lowest BCUT2D eigenvalue weighted by molar-refractivity contribution is -0.230. The first-order valence-corrected chi connectivity index (χ1v) is 14.4. The molecular weight excluding hydrogens is 418 g/mol. The van der Waals surface area contributed by atoms with Crippen LogP contribution in [0.15, 0.2) is 17.3 Å². The van der Waals surface area contributed by atoms with Crippen LogP contribution in [0.1, 0.15) is 112 Å². The van der Waals surface area contributed by atoms with Crippen LogP contribution in [-0.4, -0.2) is 22.6 Å². The van der Waals surface area contributed by atoms with Crippen LogP contribution >= 0.6 is 0 Å². The van der Waals surface area contributed by atoms with Crippen LogP contribution in [0.25, 0.3) is 0 Å². The van der Waals surface area contributed by atoms with Crippen molar-refractivity contribution in [3.63, 3.8) is 0 Å². The number of aliphatic hydroxyl groups excluding tert-OH is 1. The van der Waals surface area contributed by atoms with Gasteiger partial charge in [-0.2, -0.15) is 0 Å². The quantitative estimate of drug-likeness (QED) is 0.251. The topological polar surface area (TPSA) is 52.8 Å². The lowest BCUT2D eigenvalue weighted by atomic mass is 9.32. The van der Waals surface area contributed by atoms with Crippen molar-refractivity contribution in [3.8, 4) is 0 Å². The van der Waals surface area contributed by atoms with Gasteiger partial charge in [0.2, 0.25) is 0 Å². The smallest absolute Gasteiger partial charge is 0.0655 e. The Labute approximate surface area is 208 Å². The maximum Gasteiger partial charge on any atom is 0.0655 e. The zero-order valence-electron chi connectivity index (χ0n) is 22.9. The van der Waals surface area contributed by atoms with Gasteiger partial charge in [-0.25, -0.2) is 0 Å². The summed E-state index contributed by atoms with van der Waals surface area (Å²) in [6.45, 7) is 19.5. The number of fused-ring (bicyclic) bond motifs is 7. The fraction of sp³-hybridized carbons (Fsp3) is 0.903. The van der Waals surface area contributed by atoms with Crippen molar-refractivity contribution < 1.29 is 10.3 Å². The predicted octanol–water partition coefficient (Wildman–Crippen LogP) is 7.86. The highest BCUT2D eigenvalue weighted by molar-refractivity contribution is 5.91. The number of aliphatic hydroxyl groups is 1. The van der Waals surface area contributed by atoms with E-state index in [9.17, 15) is 10.3 Å². The second kappa shape index (κ2) is 7.83. The van der Waals surface area contributed by atoms with Gasteiger partial charge in [0.05, 0.1) is 12.3 Å². The van der Waals surface area contributed by atoms with Crippen molar-refractivity contribution in [1.29, 1.82) is 0 Å². The molecule has 0 aromatic carbocycles. The average Bonchev–Trinajstić information content (AvgIpc) is 3.20. The minimum absolute atomic E-state index is 0.0946. The summed E-state index contributed by atoms with van der Waals surface area (Å²) in [4.78, 5) is 0. The second-order valence-electron chi connectivity index (χ2n) is 14.5. The van der Waals surface area contributed by atoms with Gasteiger partial charge in [-0.15, -0.1) is 0 Å². The summed E-state index contributed by atoms with van der Waals surface area (Å²) in [5.41, 5.74) is 3.36. The number of allylic oxidation sites excluding steroid dienone is 1. The number of oxime groups is 1. The van der Waals surface area contributed by atoms with Crippen LogP contribution in [0.3, 0.4) is 0 Å². The standard InChI is InChI=1S/C31H51NO2/c1-8-31-16-11-21(20(2)3)26(31)22-9-10-24-27(4)14-13-25(32-34)28(5,19-33)23(27)12-15-30(24,7)29(22,6)17-18-31/h21-24,26,33-34H,2,8-19H2,1,3-7H3/b32-25-/t21-,22+,23+,24+,26+,27-,28?,29+,30+,31+/m0/s1. The highest BCUT2D eigenvalue weighted by atomic mass is 16.4. The molecular formula is C31H51NO2. The molecule has 3 nitrogen and oxygen atoms in total. The van der Waals surface area contributed by atoms with E-state index in [-0.39, 0.29) is 17.4 Å². The van der Waals surface area contributed by atoms with Gasteiger partial charge in [-0.05, 0) is 122 Å². The Bertz CT molecular complexity index is 881. The highest BCUT2D eigenvalue weighted by Crippen LogP contribution is 2.77. The summed E-state index contributed by atoms with van der Waals surface area (Å²) in [5, 5.41) is 24.0. The van der Waals surface area contributed by atoms with E-state index >= 15 is 0 Å². The molecule has 5 fully saturated rings. The Kier molecular flexibility index (Phi) is 5.72. The zero-order chi connectivity index (χ0) is 24.7. The van der Waals surface area contributed by atoms with Crippen LogP contribution in [0.4, 0.5) is 0 Å². The summed E-state index contributed by atoms with van der Waals surface area (Å²) >= 11 is 0. The highest BCUT2D eigenvalue weighted by Gasteiger charge is 2.70. The molecule has 0 amide bonds. The fourth-order valence-corrected chi connectivity index (χ4v) is 11.9. The summed E-state index contributed by atoms with van der Waals surface area (Å²) in [6, 6.07) is 0. The molecule has 0 spiro atoms. The molecule has 0 heterocycles. The van der Waals surface area contributed by atoms with Gasteiger partial charge in [-0.3, -0.25) is 0 Å². The Morgan fingerprint density at radius 1 is 0.941 bits per heavy atom. The molecule has 192 valence electrons. The normalized spacial score (nSPS) is 55.7. The van der Waals surface area contributed by atoms with E-state index in [0.717, 1.165) is 36.8 Å². The molecule has 0 aromatic heterocycles. The molecule has 3 heteroatoms. The number of rotatable bonds is 3. The van der Waals surface area contributed by atoms with Crippen molar-refractivity contribution in [3.05, 3.63) is 12.2 Å². The molecule has 0 radical (unpaired) electrons. The van der Waals surface area contributed by atoms with Crippen LogP contribution in [-0.2, 0) is 0 Å². The van der Waals surface area contributed by atoms with Crippen LogP contribution in [0.2, 0.25) is 0 Å². The van der Waals surface area contributed by atoms with Gasteiger partial charge in [0.1, 0.15) is 0 Å². The second-order valence-corrected chi connectivity index (χ2v) is 14.5. The first kappa shape index (κ1) is 24.8. The maximum atomic E-state index is 10.5. The minimum Gasteiger partial charge on any atom is -0.411 e. The average molecular weight is 470 g/mol. The van der Waals surface area contributed by atoms with E-state index in [2.05, 4.69) is 53.3 Å². The molecule has 10 atom stereocenters. The van der Waals surface area contributed by atoms with E-state index in [0.29, 0.717) is 34.0 Å². The maximum absolute atomic E-state index is 10.5. The van der Waals surface area contributed by atoms with E-state index in [1.54, 1.807) is 0 Å². The molecule has 5 saturated carbocycles. The summed E-state index contributed by atoms with van der Waals surface area (Å²) in [7, 11) is 0. The Balaban J connectivity index is 1.55. The summed E-state index contributed by atoms with van der Waals surface area (Å²) in [5.74, 6) is 3.43.